The predicted molar refractivity (Wildman–Crippen MR) is 104 cm³/mol. The maximum Gasteiger partial charge on any atom is 0.269 e. The van der Waals surface area contributed by atoms with Gasteiger partial charge in [0.1, 0.15) is 5.69 Å². The maximum atomic E-state index is 12.4. The number of aromatic amines is 1. The Kier molecular flexibility index (Phi) is 4.23. The first-order chi connectivity index (χ1) is 12.7. The molecule has 4 heteroatoms. The number of amides is 1. The van der Waals surface area contributed by atoms with Gasteiger partial charge in [-0.3, -0.25) is 9.89 Å². The third-order valence-corrected chi connectivity index (χ3v) is 4.42. The Morgan fingerprint density at radius 3 is 2.69 bits per heavy atom. The molecule has 0 radical (unpaired) electrons. The average molecular weight is 341 g/mol. The molecule has 2 N–H and O–H groups in total. The molecule has 1 aromatic heterocycles. The summed E-state index contributed by atoms with van der Waals surface area (Å²) in [4.78, 5) is 12.4. The van der Waals surface area contributed by atoms with Crippen molar-refractivity contribution in [1.82, 2.24) is 15.5 Å². The van der Waals surface area contributed by atoms with Gasteiger partial charge in [-0.1, -0.05) is 72.3 Å². The molecular weight excluding hydrogens is 322 g/mol. The second-order valence-corrected chi connectivity index (χ2v) is 6.37. The molecule has 0 spiro atoms. The molecule has 0 saturated carbocycles. The van der Waals surface area contributed by atoms with Crippen molar-refractivity contribution in [3.05, 3.63) is 89.6 Å². The number of benzene rings is 3. The van der Waals surface area contributed by atoms with Crippen LogP contribution in [0.1, 0.15) is 21.6 Å². The first kappa shape index (κ1) is 16.1. The topological polar surface area (TPSA) is 57.8 Å². The zero-order valence-electron chi connectivity index (χ0n) is 14.5. The lowest BCUT2D eigenvalue weighted by Gasteiger charge is -2.04. The van der Waals surface area contributed by atoms with Crippen molar-refractivity contribution in [1.29, 1.82) is 0 Å². The molecule has 4 rings (SSSR count). The highest BCUT2D eigenvalue weighted by atomic mass is 16.1. The van der Waals surface area contributed by atoms with E-state index >= 15 is 0 Å². The molecule has 0 atom stereocenters. The number of hydrogen-bond acceptors (Lipinski definition) is 2. The van der Waals surface area contributed by atoms with Crippen LogP contribution in [0.3, 0.4) is 0 Å². The molecule has 0 saturated heterocycles. The highest BCUT2D eigenvalue weighted by molar-refractivity contribution is 5.98. The Labute approximate surface area is 151 Å². The van der Waals surface area contributed by atoms with Crippen LogP contribution in [-0.4, -0.2) is 16.1 Å². The average Bonchev–Trinajstić information content (AvgIpc) is 3.16. The SMILES string of the molecule is Cc1cccc(CNC(=O)c2cc(-c3cccc4ccccc34)n[nH]2)c1. The van der Waals surface area contributed by atoms with Gasteiger partial charge in [-0.25, -0.2) is 0 Å². The van der Waals surface area contributed by atoms with Crippen LogP contribution < -0.4 is 5.32 Å². The minimum atomic E-state index is -0.162. The number of carbonyl (C=O) groups excluding carboxylic acids is 1. The molecule has 0 aliphatic carbocycles. The van der Waals surface area contributed by atoms with Crippen LogP contribution in [0.15, 0.2) is 72.8 Å². The van der Waals surface area contributed by atoms with E-state index in [4.69, 9.17) is 0 Å². The third-order valence-electron chi connectivity index (χ3n) is 4.42. The lowest BCUT2D eigenvalue weighted by Crippen LogP contribution is -2.23. The quantitative estimate of drug-likeness (QED) is 0.575. The molecule has 128 valence electrons. The number of carbonyl (C=O) groups is 1. The van der Waals surface area contributed by atoms with Gasteiger partial charge in [-0.2, -0.15) is 5.10 Å². The van der Waals surface area contributed by atoms with E-state index in [1.807, 2.05) is 49.4 Å². The van der Waals surface area contributed by atoms with E-state index in [0.29, 0.717) is 12.2 Å². The van der Waals surface area contributed by atoms with Gasteiger partial charge in [-0.05, 0) is 29.3 Å². The first-order valence-corrected chi connectivity index (χ1v) is 8.58. The number of H-pyrrole nitrogens is 1. The zero-order chi connectivity index (χ0) is 17.9. The van der Waals surface area contributed by atoms with Crippen LogP contribution in [0.5, 0.6) is 0 Å². The lowest BCUT2D eigenvalue weighted by atomic mass is 10.0. The second-order valence-electron chi connectivity index (χ2n) is 6.37. The second kappa shape index (κ2) is 6.84. The van der Waals surface area contributed by atoms with E-state index in [0.717, 1.165) is 27.6 Å². The zero-order valence-corrected chi connectivity index (χ0v) is 14.5. The molecule has 0 aliphatic heterocycles. The first-order valence-electron chi connectivity index (χ1n) is 8.58. The van der Waals surface area contributed by atoms with Gasteiger partial charge >= 0.3 is 0 Å². The summed E-state index contributed by atoms with van der Waals surface area (Å²) in [5, 5.41) is 12.4. The Balaban J connectivity index is 1.55. The third kappa shape index (κ3) is 3.22. The minimum Gasteiger partial charge on any atom is -0.347 e. The van der Waals surface area contributed by atoms with Crippen LogP contribution >= 0.6 is 0 Å². The minimum absolute atomic E-state index is 0.162. The number of nitrogens with zero attached hydrogens (tertiary/aromatic N) is 1. The van der Waals surface area contributed by atoms with Crippen LogP contribution in [-0.2, 0) is 6.54 Å². The van der Waals surface area contributed by atoms with Crippen molar-refractivity contribution in [2.24, 2.45) is 0 Å². The van der Waals surface area contributed by atoms with Gasteiger partial charge in [0.05, 0.1) is 5.69 Å². The van der Waals surface area contributed by atoms with Crippen LogP contribution in [0.2, 0.25) is 0 Å². The highest BCUT2D eigenvalue weighted by Gasteiger charge is 2.12. The molecular formula is C22H19N3O. The highest BCUT2D eigenvalue weighted by Crippen LogP contribution is 2.27. The molecule has 26 heavy (non-hydrogen) atoms. The monoisotopic (exact) mass is 341 g/mol. The van der Waals surface area contributed by atoms with Crippen LogP contribution in [0.4, 0.5) is 0 Å². The summed E-state index contributed by atoms with van der Waals surface area (Å²) in [6, 6.07) is 24.1. The van der Waals surface area contributed by atoms with E-state index in [9.17, 15) is 4.79 Å². The van der Waals surface area contributed by atoms with Gasteiger partial charge in [0, 0.05) is 12.1 Å². The van der Waals surface area contributed by atoms with Crippen molar-refractivity contribution in [3.63, 3.8) is 0 Å². The summed E-state index contributed by atoms with van der Waals surface area (Å²) >= 11 is 0. The molecule has 0 bridgehead atoms. The summed E-state index contributed by atoms with van der Waals surface area (Å²) < 4.78 is 0. The standard InChI is InChI=1S/C22H19N3O/c1-15-6-4-7-16(12-15)14-23-22(26)21-13-20(24-25-21)19-11-5-9-17-8-2-3-10-18(17)19/h2-13H,14H2,1H3,(H,23,26)(H,24,25). The Bertz CT molecular complexity index is 1080. The van der Waals surface area contributed by atoms with Crippen LogP contribution in [0.25, 0.3) is 22.0 Å². The fourth-order valence-corrected chi connectivity index (χ4v) is 3.12. The maximum absolute atomic E-state index is 12.4. The Morgan fingerprint density at radius 2 is 1.81 bits per heavy atom. The molecule has 0 fully saturated rings. The summed E-state index contributed by atoms with van der Waals surface area (Å²) in [6.07, 6.45) is 0. The van der Waals surface area contributed by atoms with Gasteiger partial charge in [0.15, 0.2) is 0 Å². The number of aromatic nitrogens is 2. The van der Waals surface area contributed by atoms with E-state index in [2.05, 4.69) is 39.8 Å². The van der Waals surface area contributed by atoms with E-state index in [1.54, 1.807) is 6.07 Å². The van der Waals surface area contributed by atoms with Crippen molar-refractivity contribution in [2.45, 2.75) is 13.5 Å². The molecule has 3 aromatic carbocycles. The van der Waals surface area contributed by atoms with Crippen molar-refractivity contribution in [2.75, 3.05) is 0 Å². The molecule has 0 aliphatic rings. The normalized spacial score (nSPS) is 10.8. The van der Waals surface area contributed by atoms with Crippen molar-refractivity contribution >= 4 is 16.7 Å². The van der Waals surface area contributed by atoms with E-state index in [1.165, 1.54) is 5.56 Å². The van der Waals surface area contributed by atoms with Crippen LogP contribution in [0, 0.1) is 6.92 Å². The van der Waals surface area contributed by atoms with Gasteiger partial charge in [-0.15, -0.1) is 0 Å². The number of rotatable bonds is 4. The fourth-order valence-electron chi connectivity index (χ4n) is 3.12. The molecule has 1 heterocycles. The largest absolute Gasteiger partial charge is 0.347 e. The lowest BCUT2D eigenvalue weighted by molar-refractivity contribution is 0.0946. The number of hydrogen-bond donors (Lipinski definition) is 2. The summed E-state index contributed by atoms with van der Waals surface area (Å²) in [7, 11) is 0. The van der Waals surface area contributed by atoms with Gasteiger partial charge < -0.3 is 5.32 Å². The molecule has 1 amide bonds. The molecule has 0 unspecified atom stereocenters. The smallest absolute Gasteiger partial charge is 0.269 e. The number of nitrogens with one attached hydrogen (secondary N) is 2. The molecule has 4 aromatic rings. The summed E-state index contributed by atoms with van der Waals surface area (Å²) in [6.45, 7) is 2.53. The van der Waals surface area contributed by atoms with Gasteiger partial charge in [0.25, 0.3) is 5.91 Å². The number of fused-ring (bicyclic) bond motifs is 1. The van der Waals surface area contributed by atoms with Crippen molar-refractivity contribution in [3.8, 4) is 11.3 Å². The summed E-state index contributed by atoms with van der Waals surface area (Å²) in [5.41, 5.74) is 4.49. The fraction of sp³-hybridized carbons (Fsp3) is 0.0909. The Hall–Kier alpha value is -3.40. The van der Waals surface area contributed by atoms with E-state index in [-0.39, 0.29) is 5.91 Å². The van der Waals surface area contributed by atoms with E-state index < -0.39 is 0 Å². The Morgan fingerprint density at radius 1 is 1.00 bits per heavy atom. The number of aryl methyl sites for hydroxylation is 1. The van der Waals surface area contributed by atoms with Gasteiger partial charge in [0.2, 0.25) is 0 Å². The molecule has 4 nitrogen and oxygen atoms in total. The van der Waals surface area contributed by atoms with Crippen molar-refractivity contribution < 1.29 is 4.79 Å². The predicted octanol–water partition coefficient (Wildman–Crippen LogP) is 4.47. The summed E-state index contributed by atoms with van der Waals surface area (Å²) in [5.74, 6) is -0.162.